The highest BCUT2D eigenvalue weighted by molar-refractivity contribution is 5.85. The minimum Gasteiger partial charge on any atom is -0.324 e. The molecule has 0 saturated heterocycles. The predicted octanol–water partition coefficient (Wildman–Crippen LogP) is 1.30. The average Bonchev–Trinajstić information content (AvgIpc) is 2.05. The number of halogens is 1. The third kappa shape index (κ3) is 2.37. The number of nitrogen functional groups attached to an aromatic ring is 1. The number of non-ortho nitro benzene ring substituents is 1. The SMILES string of the molecule is Cl.NN[13c]1[13cH][13cH][13cH][13c]([N+](=O)[O-])[13cH]1. The molecule has 0 unspecified atom stereocenters. The van der Waals surface area contributed by atoms with Crippen molar-refractivity contribution in [2.24, 2.45) is 5.84 Å². The van der Waals surface area contributed by atoms with Gasteiger partial charge in [0.15, 0.2) is 0 Å². The summed E-state index contributed by atoms with van der Waals surface area (Å²) in [5, 5.41) is 10.2. The van der Waals surface area contributed by atoms with E-state index in [4.69, 9.17) is 5.84 Å². The number of anilines is 1. The van der Waals surface area contributed by atoms with Crippen molar-refractivity contribution >= 4 is 23.8 Å². The lowest BCUT2D eigenvalue weighted by Crippen LogP contribution is -2.06. The van der Waals surface area contributed by atoms with Gasteiger partial charge in [0.1, 0.15) is 0 Å². The van der Waals surface area contributed by atoms with Crippen LogP contribution in [0.5, 0.6) is 0 Å². The second kappa shape index (κ2) is 4.53. The lowest BCUT2D eigenvalue weighted by atomic mass is 11.2. The molecule has 6 heteroatoms. The number of nitro benzene ring substituents is 1. The lowest BCUT2D eigenvalue weighted by molar-refractivity contribution is -0.384. The summed E-state index contributed by atoms with van der Waals surface area (Å²) in [7, 11) is 0. The molecule has 0 spiro atoms. The highest BCUT2D eigenvalue weighted by Gasteiger charge is 2.03. The van der Waals surface area contributed by atoms with Crippen molar-refractivity contribution in [2.45, 2.75) is 0 Å². The molecular formula is C6H8ClN3O2. The van der Waals surface area contributed by atoms with Gasteiger partial charge in [-0.05, 0) is 6.07 Å². The van der Waals surface area contributed by atoms with Gasteiger partial charge in [0.25, 0.3) is 5.69 Å². The number of hydrazine groups is 1. The molecule has 0 amide bonds. The smallest absolute Gasteiger partial charge is 0.271 e. The van der Waals surface area contributed by atoms with Crippen LogP contribution in [0.25, 0.3) is 0 Å². The van der Waals surface area contributed by atoms with Gasteiger partial charge in [0.05, 0.1) is 10.6 Å². The van der Waals surface area contributed by atoms with Gasteiger partial charge >= 0.3 is 0 Å². The Morgan fingerprint density at radius 3 is 2.67 bits per heavy atom. The fourth-order valence-corrected chi connectivity index (χ4v) is 0.709. The molecule has 66 valence electrons. The van der Waals surface area contributed by atoms with Gasteiger partial charge in [-0.1, -0.05) is 6.07 Å². The van der Waals surface area contributed by atoms with Crippen LogP contribution in [0.15, 0.2) is 24.3 Å². The zero-order valence-electron chi connectivity index (χ0n) is 6.06. The van der Waals surface area contributed by atoms with Gasteiger partial charge in [0.2, 0.25) is 0 Å². The number of hydrogen-bond donors (Lipinski definition) is 2. The first-order valence-electron chi connectivity index (χ1n) is 2.95. The second-order valence-electron chi connectivity index (χ2n) is 1.95. The van der Waals surface area contributed by atoms with E-state index < -0.39 is 4.92 Å². The largest absolute Gasteiger partial charge is 0.324 e. The predicted molar refractivity (Wildman–Crippen MR) is 48.2 cm³/mol. The van der Waals surface area contributed by atoms with Crippen molar-refractivity contribution in [1.29, 1.82) is 0 Å². The third-order valence-electron chi connectivity index (χ3n) is 1.22. The summed E-state index contributed by atoms with van der Waals surface area (Å²) in [6.07, 6.45) is 0. The minimum absolute atomic E-state index is 0. The molecule has 1 aromatic carbocycles. The van der Waals surface area contributed by atoms with E-state index in [0.29, 0.717) is 5.69 Å². The molecule has 0 aliphatic carbocycles. The van der Waals surface area contributed by atoms with Crippen molar-refractivity contribution in [3.8, 4) is 0 Å². The summed E-state index contributed by atoms with van der Waals surface area (Å²) in [4.78, 5) is 9.73. The van der Waals surface area contributed by atoms with Gasteiger partial charge in [-0.2, -0.15) is 0 Å². The summed E-state index contributed by atoms with van der Waals surface area (Å²) >= 11 is 0. The van der Waals surface area contributed by atoms with Crippen LogP contribution in [0.2, 0.25) is 0 Å². The van der Waals surface area contributed by atoms with Crippen LogP contribution in [-0.2, 0) is 0 Å². The number of hydrogen-bond acceptors (Lipinski definition) is 4. The number of benzene rings is 1. The molecule has 0 aliphatic rings. The molecule has 0 atom stereocenters. The van der Waals surface area contributed by atoms with Crippen LogP contribution in [-0.4, -0.2) is 4.92 Å². The number of rotatable bonds is 2. The van der Waals surface area contributed by atoms with Gasteiger partial charge < -0.3 is 5.43 Å². The van der Waals surface area contributed by atoms with Gasteiger partial charge in [0, 0.05) is 12.1 Å². The molecule has 1 aromatic rings. The molecule has 0 bridgehead atoms. The molecule has 0 saturated carbocycles. The van der Waals surface area contributed by atoms with Gasteiger partial charge in [-0.3, -0.25) is 16.0 Å². The van der Waals surface area contributed by atoms with Crippen LogP contribution < -0.4 is 11.3 Å². The fraction of sp³-hybridized carbons (Fsp3) is 0. The maximum absolute atomic E-state index is 10.2. The Morgan fingerprint density at radius 1 is 1.50 bits per heavy atom. The third-order valence-corrected chi connectivity index (χ3v) is 1.22. The van der Waals surface area contributed by atoms with Crippen molar-refractivity contribution in [2.75, 3.05) is 5.43 Å². The quantitative estimate of drug-likeness (QED) is 0.423. The van der Waals surface area contributed by atoms with Crippen LogP contribution >= 0.6 is 12.4 Å². The molecule has 0 aliphatic heterocycles. The van der Waals surface area contributed by atoms with Crippen molar-refractivity contribution < 1.29 is 4.92 Å². The zero-order chi connectivity index (χ0) is 8.27. The van der Waals surface area contributed by atoms with E-state index >= 15 is 0 Å². The van der Waals surface area contributed by atoms with E-state index in [1.807, 2.05) is 0 Å². The highest BCUT2D eigenvalue weighted by atomic mass is 35.5. The minimum atomic E-state index is -0.471. The first-order chi connectivity index (χ1) is 5.24. The van der Waals surface area contributed by atoms with E-state index in [1.165, 1.54) is 12.1 Å². The van der Waals surface area contributed by atoms with E-state index in [-0.39, 0.29) is 18.1 Å². The van der Waals surface area contributed by atoms with Crippen LogP contribution in [0.3, 0.4) is 0 Å². The van der Waals surface area contributed by atoms with E-state index in [0.717, 1.165) is 0 Å². The normalized spacial score (nSPS) is 8.42. The Labute approximate surface area is 75.1 Å². The topological polar surface area (TPSA) is 81.2 Å². The Balaban J connectivity index is 0.00000121. The molecule has 12 heavy (non-hydrogen) atoms. The summed E-state index contributed by atoms with van der Waals surface area (Å²) in [5.74, 6) is 5.05. The molecule has 3 N–H and O–H groups in total. The van der Waals surface area contributed by atoms with Crippen LogP contribution in [0.1, 0.15) is 0 Å². The number of nitrogens with zero attached hydrogens (tertiary/aromatic N) is 1. The fourth-order valence-electron chi connectivity index (χ4n) is 0.709. The van der Waals surface area contributed by atoms with Crippen molar-refractivity contribution in [3.05, 3.63) is 34.4 Å². The summed E-state index contributed by atoms with van der Waals surface area (Å²) < 4.78 is 0. The second-order valence-corrected chi connectivity index (χ2v) is 1.95. The number of nitrogens with one attached hydrogen (secondary N) is 1. The standard InChI is InChI=1S/C6H7N3O2.ClH/c7-8-5-2-1-3-6(4-5)9(10)11;/h1-4,8H,7H2;1H/i1+1,2+1,3+1,4+1,5+1,6+1;. The van der Waals surface area contributed by atoms with Gasteiger partial charge in [-0.25, -0.2) is 0 Å². The average molecular weight is 196 g/mol. The first-order valence-corrected chi connectivity index (χ1v) is 2.95. The van der Waals surface area contributed by atoms with E-state index in [1.54, 1.807) is 12.1 Å². The molecule has 1 rings (SSSR count). The monoisotopic (exact) mass is 195 g/mol. The summed E-state index contributed by atoms with van der Waals surface area (Å²) in [6.45, 7) is 0. The van der Waals surface area contributed by atoms with Crippen LogP contribution in [0.4, 0.5) is 11.4 Å². The molecular weight excluding hydrogens is 187 g/mol. The first kappa shape index (κ1) is 10.7. The Morgan fingerprint density at radius 2 is 2.17 bits per heavy atom. The molecule has 0 radical (unpaired) electrons. The Hall–Kier alpha value is -1.33. The zero-order valence-corrected chi connectivity index (χ0v) is 6.88. The van der Waals surface area contributed by atoms with Crippen molar-refractivity contribution in [1.82, 2.24) is 0 Å². The van der Waals surface area contributed by atoms with Crippen LogP contribution in [0, 0.1) is 10.1 Å². The maximum atomic E-state index is 10.2. The highest BCUT2D eigenvalue weighted by Crippen LogP contribution is 2.15. The lowest BCUT2D eigenvalue weighted by Gasteiger charge is -1.96. The molecule has 0 aromatic heterocycles. The number of nitrogens with two attached hydrogens (primary N) is 1. The summed E-state index contributed by atoms with van der Waals surface area (Å²) in [5.41, 5.74) is 2.87. The number of nitro groups is 1. The van der Waals surface area contributed by atoms with E-state index in [9.17, 15) is 10.1 Å². The van der Waals surface area contributed by atoms with Gasteiger partial charge in [-0.15, -0.1) is 12.4 Å². The summed E-state index contributed by atoms with van der Waals surface area (Å²) in [6, 6.07) is 5.97. The molecule has 0 heterocycles. The molecule has 5 nitrogen and oxygen atoms in total. The Bertz CT molecular complexity index is 279. The Kier molecular flexibility index (Phi) is 4.03. The van der Waals surface area contributed by atoms with Crippen molar-refractivity contribution in [3.63, 3.8) is 0 Å². The maximum Gasteiger partial charge on any atom is 0.271 e. The van der Waals surface area contributed by atoms with E-state index in [2.05, 4.69) is 5.43 Å². The molecule has 0 fully saturated rings.